The Morgan fingerprint density at radius 1 is 1.03 bits per heavy atom. The van der Waals surface area contributed by atoms with Crippen LogP contribution in [-0.4, -0.2) is 46.6 Å². The van der Waals surface area contributed by atoms with Gasteiger partial charge in [-0.05, 0) is 57.2 Å². The molecule has 2 aromatic carbocycles. The quantitative estimate of drug-likeness (QED) is 0.514. The van der Waals surface area contributed by atoms with E-state index >= 15 is 4.39 Å². The summed E-state index contributed by atoms with van der Waals surface area (Å²) in [6.45, 7) is 5.55. The molecule has 5 rings (SSSR count). The van der Waals surface area contributed by atoms with Crippen molar-refractivity contribution in [1.29, 1.82) is 0 Å². The maximum absolute atomic E-state index is 15.2. The van der Waals surface area contributed by atoms with Crippen molar-refractivity contribution in [2.45, 2.75) is 63.4 Å². The highest BCUT2D eigenvalue weighted by Gasteiger charge is 2.40. The number of anilines is 1. The molecular formula is C26H32FN5O2S. The maximum atomic E-state index is 15.2. The van der Waals surface area contributed by atoms with Crippen LogP contribution in [0, 0.1) is 12.7 Å². The van der Waals surface area contributed by atoms with Crippen LogP contribution >= 0.6 is 0 Å². The highest BCUT2D eigenvalue weighted by molar-refractivity contribution is 7.89. The molecule has 35 heavy (non-hydrogen) atoms. The number of aryl methyl sites for hydroxylation is 1. The Morgan fingerprint density at radius 2 is 1.77 bits per heavy atom. The molecule has 186 valence electrons. The van der Waals surface area contributed by atoms with E-state index in [1.807, 2.05) is 50.2 Å². The van der Waals surface area contributed by atoms with Crippen molar-refractivity contribution < 1.29 is 12.8 Å². The van der Waals surface area contributed by atoms with Gasteiger partial charge in [-0.25, -0.2) is 12.8 Å². The number of hydrogen-bond donors (Lipinski definition) is 0. The first-order valence-corrected chi connectivity index (χ1v) is 13.8. The Morgan fingerprint density at radius 3 is 2.43 bits per heavy atom. The first-order chi connectivity index (χ1) is 16.8. The smallest absolute Gasteiger partial charge is 0.221 e. The molecule has 0 bridgehead atoms. The number of benzene rings is 2. The third-order valence-electron chi connectivity index (χ3n) is 7.53. The van der Waals surface area contributed by atoms with Crippen molar-refractivity contribution in [2.24, 2.45) is 0 Å². The minimum absolute atomic E-state index is 0.0495. The van der Waals surface area contributed by atoms with E-state index < -0.39 is 15.3 Å². The summed E-state index contributed by atoms with van der Waals surface area (Å²) in [6.07, 6.45) is 4.98. The van der Waals surface area contributed by atoms with Crippen molar-refractivity contribution in [1.82, 2.24) is 19.1 Å². The SMILES string of the molecule is Cc1nncn1C1CCN(c2ccc(CN3C(C)CCC(c4ccccc4)S3(=O)=O)c(F)c2)CC1. The van der Waals surface area contributed by atoms with Gasteiger partial charge < -0.3 is 9.47 Å². The van der Waals surface area contributed by atoms with Crippen molar-refractivity contribution in [3.63, 3.8) is 0 Å². The first-order valence-electron chi connectivity index (χ1n) is 12.3. The zero-order chi connectivity index (χ0) is 24.6. The lowest BCUT2D eigenvalue weighted by molar-refractivity contribution is 0.279. The summed E-state index contributed by atoms with van der Waals surface area (Å²) in [5, 5.41) is 7.48. The van der Waals surface area contributed by atoms with Gasteiger partial charge in [0, 0.05) is 43.0 Å². The monoisotopic (exact) mass is 497 g/mol. The third kappa shape index (κ3) is 4.71. The van der Waals surface area contributed by atoms with Gasteiger partial charge in [-0.15, -0.1) is 10.2 Å². The molecule has 2 fully saturated rings. The number of rotatable bonds is 5. The largest absolute Gasteiger partial charge is 0.371 e. The van der Waals surface area contributed by atoms with E-state index in [1.54, 1.807) is 18.5 Å². The molecule has 2 atom stereocenters. The molecule has 0 radical (unpaired) electrons. The Bertz CT molecular complexity index is 1270. The molecule has 1 aromatic heterocycles. The second kappa shape index (κ2) is 9.70. The standard InChI is InChI=1S/C26H32FN5O2S/c1-19-8-11-26(21-6-4-3-5-7-21)35(33,34)32(19)17-22-9-10-24(16-25(22)27)30-14-12-23(13-15-30)31-18-28-29-20(31)2/h3-7,9-10,16,18-19,23,26H,8,11-15,17H2,1-2H3. The average molecular weight is 498 g/mol. The predicted octanol–water partition coefficient (Wildman–Crippen LogP) is 4.62. The zero-order valence-corrected chi connectivity index (χ0v) is 21.0. The lowest BCUT2D eigenvalue weighted by atomic mass is 10.0. The lowest BCUT2D eigenvalue weighted by Gasteiger charge is -2.37. The van der Waals surface area contributed by atoms with Gasteiger partial charge in [-0.2, -0.15) is 4.31 Å². The molecule has 3 heterocycles. The van der Waals surface area contributed by atoms with Gasteiger partial charge in [-0.1, -0.05) is 36.4 Å². The van der Waals surface area contributed by atoms with Crippen LogP contribution < -0.4 is 4.90 Å². The van der Waals surface area contributed by atoms with Gasteiger partial charge in [0.1, 0.15) is 23.2 Å². The Labute approximate surface area is 206 Å². The van der Waals surface area contributed by atoms with Crippen molar-refractivity contribution in [3.05, 3.63) is 77.6 Å². The minimum atomic E-state index is -3.60. The zero-order valence-electron chi connectivity index (χ0n) is 20.2. The fourth-order valence-electron chi connectivity index (χ4n) is 5.44. The van der Waals surface area contributed by atoms with Gasteiger partial charge in [-0.3, -0.25) is 0 Å². The van der Waals surface area contributed by atoms with E-state index in [0.29, 0.717) is 18.0 Å². The second-order valence-electron chi connectivity index (χ2n) is 9.70. The predicted molar refractivity (Wildman–Crippen MR) is 134 cm³/mol. The molecular weight excluding hydrogens is 465 g/mol. The van der Waals surface area contributed by atoms with E-state index in [9.17, 15) is 8.42 Å². The highest BCUT2D eigenvalue weighted by Crippen LogP contribution is 2.38. The number of sulfonamides is 1. The summed E-state index contributed by atoms with van der Waals surface area (Å²) >= 11 is 0. The molecule has 2 aliphatic rings. The summed E-state index contributed by atoms with van der Waals surface area (Å²) in [4.78, 5) is 2.19. The molecule has 7 nitrogen and oxygen atoms in total. The van der Waals surface area contributed by atoms with Gasteiger partial charge in [0.05, 0.1) is 0 Å². The molecule has 2 saturated heterocycles. The summed E-state index contributed by atoms with van der Waals surface area (Å²) in [7, 11) is -3.60. The van der Waals surface area contributed by atoms with E-state index in [-0.39, 0.29) is 18.4 Å². The summed E-state index contributed by atoms with van der Waals surface area (Å²) in [5.74, 6) is 0.554. The number of hydrogen-bond acceptors (Lipinski definition) is 5. The van der Waals surface area contributed by atoms with Crippen LogP contribution in [0.15, 0.2) is 54.9 Å². The Balaban J connectivity index is 1.29. The Hall–Kier alpha value is -2.78. The van der Waals surface area contributed by atoms with Gasteiger partial charge in [0.25, 0.3) is 0 Å². The van der Waals surface area contributed by atoms with Crippen molar-refractivity contribution >= 4 is 15.7 Å². The van der Waals surface area contributed by atoms with Crippen LogP contribution in [0.5, 0.6) is 0 Å². The fraction of sp³-hybridized carbons (Fsp3) is 0.462. The number of piperidine rings is 1. The molecule has 2 unspecified atom stereocenters. The lowest BCUT2D eigenvalue weighted by Crippen LogP contribution is -2.44. The van der Waals surface area contributed by atoms with Crippen LogP contribution in [-0.2, 0) is 16.6 Å². The van der Waals surface area contributed by atoms with Crippen molar-refractivity contribution in [2.75, 3.05) is 18.0 Å². The summed E-state index contributed by atoms with van der Waals surface area (Å²) < 4.78 is 45.8. The molecule has 0 aliphatic carbocycles. The van der Waals surface area contributed by atoms with Crippen molar-refractivity contribution in [3.8, 4) is 0 Å². The third-order valence-corrected chi connectivity index (χ3v) is 9.90. The number of nitrogens with zero attached hydrogens (tertiary/aromatic N) is 5. The van der Waals surface area contributed by atoms with Gasteiger partial charge in [0.2, 0.25) is 10.0 Å². The first kappa shape index (κ1) is 23.9. The van der Waals surface area contributed by atoms with Crippen LogP contribution in [0.25, 0.3) is 0 Å². The van der Waals surface area contributed by atoms with E-state index in [0.717, 1.165) is 49.4 Å². The average Bonchev–Trinajstić information content (AvgIpc) is 3.29. The number of halogens is 1. The minimum Gasteiger partial charge on any atom is -0.371 e. The van der Waals surface area contributed by atoms with Crippen LogP contribution in [0.3, 0.4) is 0 Å². The second-order valence-corrected chi connectivity index (χ2v) is 11.8. The van der Waals surface area contributed by atoms with E-state index in [2.05, 4.69) is 19.7 Å². The summed E-state index contributed by atoms with van der Waals surface area (Å²) in [6, 6.07) is 14.7. The molecule has 0 N–H and O–H groups in total. The maximum Gasteiger partial charge on any atom is 0.221 e. The van der Waals surface area contributed by atoms with Crippen LogP contribution in [0.4, 0.5) is 10.1 Å². The topological polar surface area (TPSA) is 71.3 Å². The van der Waals surface area contributed by atoms with E-state index in [4.69, 9.17) is 0 Å². The summed E-state index contributed by atoms with van der Waals surface area (Å²) in [5.41, 5.74) is 2.04. The van der Waals surface area contributed by atoms with Gasteiger partial charge >= 0.3 is 0 Å². The van der Waals surface area contributed by atoms with E-state index in [1.165, 1.54) is 4.31 Å². The number of aromatic nitrogens is 3. The van der Waals surface area contributed by atoms with Crippen LogP contribution in [0.1, 0.15) is 60.9 Å². The fourth-order valence-corrected chi connectivity index (χ4v) is 7.63. The Kier molecular flexibility index (Phi) is 6.63. The van der Waals surface area contributed by atoms with Crippen LogP contribution in [0.2, 0.25) is 0 Å². The molecule has 0 amide bonds. The molecule has 2 aliphatic heterocycles. The normalized spacial score (nSPS) is 23.5. The molecule has 0 saturated carbocycles. The molecule has 3 aromatic rings. The molecule has 9 heteroatoms. The highest BCUT2D eigenvalue weighted by atomic mass is 32.2. The van der Waals surface area contributed by atoms with Gasteiger partial charge in [0.15, 0.2) is 0 Å². The molecule has 0 spiro atoms.